The van der Waals surface area contributed by atoms with Gasteiger partial charge in [0, 0.05) is 42.3 Å². The van der Waals surface area contributed by atoms with Gasteiger partial charge in [-0.3, -0.25) is 4.79 Å². The number of anilines is 1. The van der Waals surface area contributed by atoms with Crippen molar-refractivity contribution in [2.75, 3.05) is 45.7 Å². The Hall–Kier alpha value is -1.22. The number of hydrogen-bond acceptors (Lipinski definition) is 7. The third-order valence-corrected chi connectivity index (χ3v) is 9.02. The Morgan fingerprint density at radius 3 is 2.72 bits per heavy atom. The molecule has 8 heteroatoms. The first-order valence-corrected chi connectivity index (χ1v) is 12.9. The van der Waals surface area contributed by atoms with Crippen molar-refractivity contribution in [3.8, 4) is 0 Å². The van der Waals surface area contributed by atoms with Gasteiger partial charge in [-0.1, -0.05) is 27.2 Å². The zero-order valence-corrected chi connectivity index (χ0v) is 21.2. The molecule has 2 aliphatic rings. The smallest absolute Gasteiger partial charge is 0.220 e. The Kier molecular flexibility index (Phi) is 8.23. The first-order valence-electron chi connectivity index (χ1n) is 12.1. The molecule has 7 nitrogen and oxygen atoms in total. The number of fused-ring (bicyclic) bond motifs is 2. The Morgan fingerprint density at radius 2 is 2.06 bits per heavy atom. The molecule has 2 aliphatic carbocycles. The average Bonchev–Trinajstić information content (AvgIpc) is 3.15. The second-order valence-electron chi connectivity index (χ2n) is 10.5. The number of nitrogens with zero attached hydrogens (tertiary/aromatic N) is 2. The second kappa shape index (κ2) is 10.4. The highest BCUT2D eigenvalue weighted by atomic mass is 32.1. The Labute approximate surface area is 197 Å². The number of thiazole rings is 1. The number of likely N-dealkylation sites (N-methyl/N-ethyl adjacent to an activating group) is 1. The molecule has 1 saturated carbocycles. The number of carbonyl (C=O) groups excluding carboxylic acids is 1. The van der Waals surface area contributed by atoms with E-state index in [9.17, 15) is 15.0 Å². The van der Waals surface area contributed by atoms with E-state index in [1.165, 1.54) is 4.88 Å². The van der Waals surface area contributed by atoms with Gasteiger partial charge in [0.15, 0.2) is 5.13 Å². The number of aliphatic hydroxyl groups excluding tert-OH is 2. The van der Waals surface area contributed by atoms with Crippen LogP contribution in [-0.2, 0) is 11.2 Å². The maximum absolute atomic E-state index is 13.0. The van der Waals surface area contributed by atoms with Crippen LogP contribution >= 0.6 is 11.3 Å². The number of unbranched alkanes of at least 4 members (excludes halogenated alkanes) is 1. The summed E-state index contributed by atoms with van der Waals surface area (Å²) >= 11 is 1.68. The minimum absolute atomic E-state index is 0.0213. The zero-order chi connectivity index (χ0) is 23.5. The van der Waals surface area contributed by atoms with Gasteiger partial charge in [0.05, 0.1) is 18.4 Å². The monoisotopic (exact) mass is 466 g/mol. The van der Waals surface area contributed by atoms with Gasteiger partial charge >= 0.3 is 0 Å². The summed E-state index contributed by atoms with van der Waals surface area (Å²) in [4.78, 5) is 21.2. The first kappa shape index (κ1) is 25.4. The molecule has 3 rings (SSSR count). The summed E-state index contributed by atoms with van der Waals surface area (Å²) in [5.41, 5.74) is 0.272. The summed E-state index contributed by atoms with van der Waals surface area (Å²) in [6.45, 7) is 8.71. The summed E-state index contributed by atoms with van der Waals surface area (Å²) in [6.07, 6.45) is 4.35. The van der Waals surface area contributed by atoms with Crippen molar-refractivity contribution in [1.29, 1.82) is 0 Å². The molecule has 1 fully saturated rings. The predicted octanol–water partition coefficient (Wildman–Crippen LogP) is 2.84. The van der Waals surface area contributed by atoms with E-state index in [2.05, 4.69) is 29.4 Å². The van der Waals surface area contributed by atoms with Crippen LogP contribution in [0.1, 0.15) is 69.4 Å². The Morgan fingerprint density at radius 1 is 1.31 bits per heavy atom. The standard InChI is InChI=1S/C24H42N4O3S/c1-6-7-10-26-22-27-21-16(13-20(31)25-11-12-28(4)5)23(2)9-8-19(30)24(3,15-29)18(23)14-17(21)32-22/h16,18-19,29-30H,6-15H2,1-5H3,(H,25,31)(H,26,27). The largest absolute Gasteiger partial charge is 0.396 e. The van der Waals surface area contributed by atoms with Crippen molar-refractivity contribution in [2.24, 2.45) is 16.7 Å². The van der Waals surface area contributed by atoms with E-state index in [-0.39, 0.29) is 29.8 Å². The number of aliphatic hydroxyl groups is 2. The number of nitrogens with one attached hydrogen (secondary N) is 2. The molecular formula is C24H42N4O3S. The number of carbonyl (C=O) groups is 1. The fraction of sp³-hybridized carbons (Fsp3) is 0.833. The maximum atomic E-state index is 13.0. The Bertz CT molecular complexity index is 785. The molecule has 1 amide bonds. The number of hydrogen-bond donors (Lipinski definition) is 4. The lowest BCUT2D eigenvalue weighted by Gasteiger charge is -2.58. The molecule has 4 N–H and O–H groups in total. The van der Waals surface area contributed by atoms with Crippen LogP contribution in [0, 0.1) is 16.7 Å². The minimum atomic E-state index is -0.579. The molecule has 0 saturated heterocycles. The molecular weight excluding hydrogens is 424 g/mol. The SMILES string of the molecule is CCCCNc1nc2c(s1)CC1C(C)(CO)C(O)CCC1(C)C2CC(=O)NCCN(C)C. The van der Waals surface area contributed by atoms with Crippen LogP contribution in [0.4, 0.5) is 5.13 Å². The number of rotatable bonds is 10. The van der Waals surface area contributed by atoms with E-state index >= 15 is 0 Å². The fourth-order valence-electron chi connectivity index (χ4n) is 5.77. The highest BCUT2D eigenvalue weighted by molar-refractivity contribution is 7.15. The summed E-state index contributed by atoms with van der Waals surface area (Å²) in [5.74, 6) is 0.127. The van der Waals surface area contributed by atoms with E-state index in [1.807, 2.05) is 21.0 Å². The highest BCUT2D eigenvalue weighted by Crippen LogP contribution is 2.62. The number of aromatic nitrogens is 1. The average molecular weight is 467 g/mol. The van der Waals surface area contributed by atoms with Crippen LogP contribution in [0.5, 0.6) is 0 Å². The van der Waals surface area contributed by atoms with Crippen LogP contribution in [-0.4, -0.2) is 72.4 Å². The van der Waals surface area contributed by atoms with Gasteiger partial charge in [0.1, 0.15) is 0 Å². The van der Waals surface area contributed by atoms with E-state index in [4.69, 9.17) is 4.98 Å². The molecule has 5 atom stereocenters. The zero-order valence-electron chi connectivity index (χ0n) is 20.4. The summed E-state index contributed by atoms with van der Waals surface area (Å²) in [5, 5.41) is 28.7. The quantitative estimate of drug-likeness (QED) is 0.396. The predicted molar refractivity (Wildman–Crippen MR) is 130 cm³/mol. The molecule has 1 aromatic rings. The van der Waals surface area contributed by atoms with Gasteiger partial charge in [0.25, 0.3) is 0 Å². The van der Waals surface area contributed by atoms with Crippen molar-refractivity contribution < 1.29 is 15.0 Å². The lowest BCUT2D eigenvalue weighted by atomic mass is 9.47. The lowest BCUT2D eigenvalue weighted by Crippen LogP contribution is -2.57. The molecule has 0 radical (unpaired) electrons. The topological polar surface area (TPSA) is 97.7 Å². The molecule has 0 spiro atoms. The third-order valence-electron chi connectivity index (χ3n) is 7.97. The molecule has 1 aromatic heterocycles. The first-order chi connectivity index (χ1) is 15.2. The van der Waals surface area contributed by atoms with Crippen molar-refractivity contribution in [3.05, 3.63) is 10.6 Å². The van der Waals surface area contributed by atoms with Crippen LogP contribution in [0.25, 0.3) is 0 Å². The van der Waals surface area contributed by atoms with E-state index < -0.39 is 11.5 Å². The van der Waals surface area contributed by atoms with Crippen molar-refractivity contribution in [1.82, 2.24) is 15.2 Å². The van der Waals surface area contributed by atoms with Gasteiger partial charge in [-0.25, -0.2) is 4.98 Å². The van der Waals surface area contributed by atoms with Crippen LogP contribution in [0.3, 0.4) is 0 Å². The molecule has 5 unspecified atom stereocenters. The maximum Gasteiger partial charge on any atom is 0.220 e. The van der Waals surface area contributed by atoms with Crippen LogP contribution in [0.2, 0.25) is 0 Å². The molecule has 0 aliphatic heterocycles. The fourth-order valence-corrected chi connectivity index (χ4v) is 6.86. The van der Waals surface area contributed by atoms with Crippen molar-refractivity contribution in [3.63, 3.8) is 0 Å². The van der Waals surface area contributed by atoms with Gasteiger partial charge in [-0.2, -0.15) is 0 Å². The second-order valence-corrected chi connectivity index (χ2v) is 11.6. The van der Waals surface area contributed by atoms with Gasteiger partial charge in [0.2, 0.25) is 5.91 Å². The molecule has 0 bridgehead atoms. The van der Waals surface area contributed by atoms with Crippen molar-refractivity contribution in [2.45, 2.75) is 71.3 Å². The van der Waals surface area contributed by atoms with E-state index in [0.717, 1.165) is 49.6 Å². The summed E-state index contributed by atoms with van der Waals surface area (Å²) in [7, 11) is 3.99. The normalized spacial score (nSPS) is 31.8. The lowest BCUT2D eigenvalue weighted by molar-refractivity contribution is -0.144. The molecule has 182 valence electrons. The van der Waals surface area contributed by atoms with E-state index in [0.29, 0.717) is 19.4 Å². The Balaban J connectivity index is 1.91. The van der Waals surface area contributed by atoms with Gasteiger partial charge in [-0.15, -0.1) is 11.3 Å². The van der Waals surface area contributed by atoms with Gasteiger partial charge in [-0.05, 0) is 51.1 Å². The summed E-state index contributed by atoms with van der Waals surface area (Å²) < 4.78 is 0. The minimum Gasteiger partial charge on any atom is -0.396 e. The molecule has 1 heterocycles. The summed E-state index contributed by atoms with van der Waals surface area (Å²) in [6, 6.07) is 0. The highest BCUT2D eigenvalue weighted by Gasteiger charge is 2.59. The van der Waals surface area contributed by atoms with E-state index in [1.54, 1.807) is 11.3 Å². The third kappa shape index (κ3) is 4.98. The molecule has 32 heavy (non-hydrogen) atoms. The molecule has 0 aromatic carbocycles. The van der Waals surface area contributed by atoms with Crippen LogP contribution in [0.15, 0.2) is 0 Å². The number of amides is 1. The van der Waals surface area contributed by atoms with Crippen LogP contribution < -0.4 is 10.6 Å². The van der Waals surface area contributed by atoms with Crippen molar-refractivity contribution >= 4 is 22.4 Å². The van der Waals surface area contributed by atoms with Gasteiger partial charge < -0.3 is 25.7 Å².